The van der Waals surface area contributed by atoms with Gasteiger partial charge in [-0.1, -0.05) is 26.8 Å². The molecule has 0 saturated carbocycles. The van der Waals surface area contributed by atoms with Gasteiger partial charge in [-0.25, -0.2) is 0 Å². The maximum absolute atomic E-state index is 9.20. The Kier molecular flexibility index (Phi) is 3.79. The fourth-order valence-electron chi connectivity index (χ4n) is 1.57. The van der Waals surface area contributed by atoms with Crippen molar-refractivity contribution in [3.8, 4) is 0 Å². The molecule has 0 saturated heterocycles. The van der Waals surface area contributed by atoms with Crippen LogP contribution >= 0.6 is 0 Å². The van der Waals surface area contributed by atoms with Gasteiger partial charge in [-0.05, 0) is 36.5 Å². The standard InChI is InChI=1S/C12H24O2Si/c1-12(2,3)15(4,5)14-11-8-6-7-10(11)9-13/h7,11,13H,6,8-9H2,1-5H3. The van der Waals surface area contributed by atoms with E-state index in [9.17, 15) is 5.11 Å². The van der Waals surface area contributed by atoms with E-state index in [2.05, 4.69) is 39.9 Å². The van der Waals surface area contributed by atoms with Crippen LogP contribution in [0.15, 0.2) is 11.6 Å². The second kappa shape index (κ2) is 4.40. The molecule has 0 aromatic rings. The molecular formula is C12H24O2Si. The molecule has 1 rings (SSSR count). The lowest BCUT2D eigenvalue weighted by Crippen LogP contribution is -2.44. The summed E-state index contributed by atoms with van der Waals surface area (Å²) in [6, 6.07) is 0. The van der Waals surface area contributed by atoms with Crippen LogP contribution in [-0.2, 0) is 4.43 Å². The lowest BCUT2D eigenvalue weighted by molar-refractivity contribution is 0.194. The predicted molar refractivity (Wildman–Crippen MR) is 66.5 cm³/mol. The van der Waals surface area contributed by atoms with E-state index >= 15 is 0 Å². The Morgan fingerprint density at radius 2 is 2.07 bits per heavy atom. The number of hydrogen-bond acceptors (Lipinski definition) is 2. The minimum absolute atomic E-state index is 0.152. The third-order valence-corrected chi connectivity index (χ3v) is 8.16. The van der Waals surface area contributed by atoms with E-state index in [1.165, 1.54) is 0 Å². The Morgan fingerprint density at radius 3 is 2.53 bits per heavy atom. The first-order valence-electron chi connectivity index (χ1n) is 5.75. The summed E-state index contributed by atoms with van der Waals surface area (Å²) in [7, 11) is -1.68. The van der Waals surface area contributed by atoms with Crippen molar-refractivity contribution in [1.29, 1.82) is 0 Å². The lowest BCUT2D eigenvalue weighted by atomic mass is 10.2. The summed E-state index contributed by atoms with van der Waals surface area (Å²) < 4.78 is 6.28. The summed E-state index contributed by atoms with van der Waals surface area (Å²) in [6.45, 7) is 11.4. The van der Waals surface area contributed by atoms with Crippen molar-refractivity contribution in [3.05, 3.63) is 11.6 Å². The maximum atomic E-state index is 9.20. The molecule has 0 aromatic heterocycles. The molecule has 0 amide bonds. The van der Waals surface area contributed by atoms with Crippen LogP contribution < -0.4 is 0 Å². The number of rotatable bonds is 3. The van der Waals surface area contributed by atoms with Gasteiger partial charge in [-0.3, -0.25) is 0 Å². The second-order valence-corrected chi connectivity index (χ2v) is 10.6. The van der Waals surface area contributed by atoms with Crippen LogP contribution in [0.3, 0.4) is 0 Å². The molecule has 1 aliphatic rings. The second-order valence-electron chi connectivity index (χ2n) is 5.88. The Balaban J connectivity index is 2.66. The molecule has 3 heteroatoms. The monoisotopic (exact) mass is 228 g/mol. The highest BCUT2D eigenvalue weighted by molar-refractivity contribution is 6.74. The molecule has 0 spiro atoms. The van der Waals surface area contributed by atoms with E-state index in [1.54, 1.807) is 0 Å². The van der Waals surface area contributed by atoms with Gasteiger partial charge in [0.15, 0.2) is 8.32 Å². The van der Waals surface area contributed by atoms with Gasteiger partial charge in [0.25, 0.3) is 0 Å². The van der Waals surface area contributed by atoms with Crippen molar-refractivity contribution in [2.45, 2.75) is 57.8 Å². The molecular weight excluding hydrogens is 204 g/mol. The Bertz CT molecular complexity index is 251. The van der Waals surface area contributed by atoms with Crippen LogP contribution in [0.1, 0.15) is 33.6 Å². The molecule has 0 radical (unpaired) electrons. The van der Waals surface area contributed by atoms with E-state index in [1.807, 2.05) is 0 Å². The molecule has 0 heterocycles. The van der Waals surface area contributed by atoms with Gasteiger partial charge in [0, 0.05) is 0 Å². The molecule has 0 aliphatic heterocycles. The normalized spacial score (nSPS) is 23.1. The highest BCUT2D eigenvalue weighted by atomic mass is 28.4. The fraction of sp³-hybridized carbons (Fsp3) is 0.833. The summed E-state index contributed by atoms with van der Waals surface area (Å²) in [5, 5.41) is 9.45. The first-order chi connectivity index (χ1) is 6.78. The van der Waals surface area contributed by atoms with Gasteiger partial charge in [-0.15, -0.1) is 0 Å². The van der Waals surface area contributed by atoms with Crippen LogP contribution in [0.2, 0.25) is 18.1 Å². The average molecular weight is 228 g/mol. The molecule has 1 atom stereocenters. The largest absolute Gasteiger partial charge is 0.410 e. The number of aliphatic hydroxyl groups is 1. The minimum Gasteiger partial charge on any atom is -0.410 e. The zero-order valence-electron chi connectivity index (χ0n) is 10.6. The highest BCUT2D eigenvalue weighted by Crippen LogP contribution is 2.39. The van der Waals surface area contributed by atoms with Crippen LogP contribution in [-0.4, -0.2) is 26.1 Å². The fourth-order valence-corrected chi connectivity index (χ4v) is 2.90. The zero-order chi connectivity index (χ0) is 11.7. The molecule has 2 nitrogen and oxygen atoms in total. The summed E-state index contributed by atoms with van der Waals surface area (Å²) >= 11 is 0. The van der Waals surface area contributed by atoms with E-state index < -0.39 is 8.32 Å². The summed E-state index contributed by atoms with van der Waals surface area (Å²) in [5.41, 5.74) is 1.08. The molecule has 88 valence electrons. The summed E-state index contributed by atoms with van der Waals surface area (Å²) in [6.07, 6.45) is 4.39. The quantitative estimate of drug-likeness (QED) is 0.594. The van der Waals surface area contributed by atoms with Crippen LogP contribution in [0, 0.1) is 0 Å². The summed E-state index contributed by atoms with van der Waals surface area (Å²) in [5.74, 6) is 0. The predicted octanol–water partition coefficient (Wildman–Crippen LogP) is 3.09. The molecule has 0 bridgehead atoms. The van der Waals surface area contributed by atoms with Crippen molar-refractivity contribution < 1.29 is 9.53 Å². The van der Waals surface area contributed by atoms with Crippen molar-refractivity contribution in [1.82, 2.24) is 0 Å². The van der Waals surface area contributed by atoms with Gasteiger partial charge in [0.2, 0.25) is 0 Å². The number of aliphatic hydroxyl groups excluding tert-OH is 1. The molecule has 1 unspecified atom stereocenters. The van der Waals surface area contributed by atoms with Crippen LogP contribution in [0.4, 0.5) is 0 Å². The highest BCUT2D eigenvalue weighted by Gasteiger charge is 2.40. The molecule has 15 heavy (non-hydrogen) atoms. The van der Waals surface area contributed by atoms with E-state index in [0.29, 0.717) is 0 Å². The van der Waals surface area contributed by atoms with Crippen molar-refractivity contribution in [3.63, 3.8) is 0 Å². The SMILES string of the molecule is CC(C)(C)[Si](C)(C)OC1CCC=C1CO. The average Bonchev–Trinajstić information content (AvgIpc) is 2.48. The van der Waals surface area contributed by atoms with Crippen LogP contribution in [0.25, 0.3) is 0 Å². The van der Waals surface area contributed by atoms with Gasteiger partial charge in [0.1, 0.15) is 0 Å². The van der Waals surface area contributed by atoms with Gasteiger partial charge in [0.05, 0.1) is 12.7 Å². The lowest BCUT2D eigenvalue weighted by Gasteiger charge is -2.39. The third kappa shape index (κ3) is 2.92. The van der Waals surface area contributed by atoms with Gasteiger partial charge >= 0.3 is 0 Å². The van der Waals surface area contributed by atoms with E-state index in [0.717, 1.165) is 18.4 Å². The van der Waals surface area contributed by atoms with Crippen molar-refractivity contribution in [2.24, 2.45) is 0 Å². The molecule has 0 fully saturated rings. The smallest absolute Gasteiger partial charge is 0.192 e. The first kappa shape index (κ1) is 12.9. The minimum atomic E-state index is -1.68. The molecule has 1 aliphatic carbocycles. The Morgan fingerprint density at radius 1 is 1.47 bits per heavy atom. The van der Waals surface area contributed by atoms with Gasteiger partial charge in [-0.2, -0.15) is 0 Å². The number of hydrogen-bond donors (Lipinski definition) is 1. The van der Waals surface area contributed by atoms with E-state index in [-0.39, 0.29) is 17.7 Å². The van der Waals surface area contributed by atoms with Crippen LogP contribution in [0.5, 0.6) is 0 Å². The summed E-state index contributed by atoms with van der Waals surface area (Å²) in [4.78, 5) is 0. The third-order valence-electron chi connectivity index (χ3n) is 3.67. The Labute approximate surface area is 94.5 Å². The van der Waals surface area contributed by atoms with Crippen molar-refractivity contribution >= 4 is 8.32 Å². The Hall–Kier alpha value is -0.123. The maximum Gasteiger partial charge on any atom is 0.192 e. The zero-order valence-corrected chi connectivity index (χ0v) is 11.6. The molecule has 1 N–H and O–H groups in total. The molecule has 0 aromatic carbocycles. The first-order valence-corrected chi connectivity index (χ1v) is 8.66. The topological polar surface area (TPSA) is 29.5 Å². The number of allylic oxidation sites excluding steroid dienone is 1. The van der Waals surface area contributed by atoms with E-state index in [4.69, 9.17) is 4.43 Å². The van der Waals surface area contributed by atoms with Crippen molar-refractivity contribution in [2.75, 3.05) is 6.61 Å². The van der Waals surface area contributed by atoms with Gasteiger partial charge < -0.3 is 9.53 Å².